The van der Waals surface area contributed by atoms with Gasteiger partial charge in [0.15, 0.2) is 5.54 Å². The summed E-state index contributed by atoms with van der Waals surface area (Å²) >= 11 is 6.62. The quantitative estimate of drug-likeness (QED) is 0.183. The summed E-state index contributed by atoms with van der Waals surface area (Å²) in [6.45, 7) is 9.31. The highest BCUT2D eigenvalue weighted by molar-refractivity contribution is 6.31. The Labute approximate surface area is 246 Å². The van der Waals surface area contributed by atoms with Crippen molar-refractivity contribution < 1.29 is 14.3 Å². The van der Waals surface area contributed by atoms with E-state index in [-0.39, 0.29) is 12.3 Å². The molecule has 1 aliphatic rings. The second-order valence-corrected chi connectivity index (χ2v) is 11.6. The molecule has 0 saturated carbocycles. The molecule has 0 radical (unpaired) electrons. The molecule has 0 spiro atoms. The van der Waals surface area contributed by atoms with Crippen LogP contribution in [0.15, 0.2) is 122 Å². The molecule has 5 rings (SSSR count). The van der Waals surface area contributed by atoms with Crippen molar-refractivity contribution in [3.05, 3.63) is 149 Å². The van der Waals surface area contributed by atoms with Crippen molar-refractivity contribution in [1.29, 1.82) is 0 Å². The fourth-order valence-electron chi connectivity index (χ4n) is 5.79. The monoisotopic (exact) mass is 564 g/mol. The van der Waals surface area contributed by atoms with Gasteiger partial charge in [0.2, 0.25) is 0 Å². The Kier molecular flexibility index (Phi) is 7.50. The second-order valence-electron chi connectivity index (χ2n) is 11.1. The number of halogens is 1. The van der Waals surface area contributed by atoms with E-state index in [0.717, 1.165) is 16.7 Å². The van der Waals surface area contributed by atoms with Crippen molar-refractivity contribution in [3.8, 4) is 0 Å². The van der Waals surface area contributed by atoms with Crippen LogP contribution in [-0.2, 0) is 20.6 Å². The lowest BCUT2D eigenvalue weighted by atomic mass is 9.75. The molecule has 0 unspecified atom stereocenters. The minimum atomic E-state index is -1.48. The summed E-state index contributed by atoms with van der Waals surface area (Å²) in [5.74, 6) is -0.322. The molecule has 6 heteroatoms. The van der Waals surface area contributed by atoms with E-state index in [9.17, 15) is 4.79 Å². The molecule has 41 heavy (non-hydrogen) atoms. The number of anilines is 1. The number of fused-ring (bicyclic) bond motifs is 1. The summed E-state index contributed by atoms with van der Waals surface area (Å²) in [6, 6.07) is 35.1. The number of carbonyl (C=O) groups is 2. The second kappa shape index (κ2) is 10.9. The van der Waals surface area contributed by atoms with Crippen LogP contribution >= 0.6 is 11.6 Å². The highest BCUT2D eigenvalue weighted by Crippen LogP contribution is 2.53. The number of hydrogen-bond donors (Lipinski definition) is 1. The maximum atomic E-state index is 15.2. The van der Waals surface area contributed by atoms with Crippen molar-refractivity contribution in [2.45, 2.75) is 43.9 Å². The topological polar surface area (TPSA) is 58.6 Å². The van der Waals surface area contributed by atoms with Crippen LogP contribution < -0.4 is 10.2 Å². The lowest BCUT2D eigenvalue weighted by Crippen LogP contribution is -2.58. The average Bonchev–Trinajstić information content (AvgIpc) is 3.17. The molecular weight excluding hydrogens is 532 g/mol. The van der Waals surface area contributed by atoms with Crippen molar-refractivity contribution in [2.75, 3.05) is 4.90 Å². The average molecular weight is 565 g/mol. The number of alkyl carbamates (subject to hydrolysis) is 1. The van der Waals surface area contributed by atoms with E-state index >= 15 is 4.79 Å². The lowest BCUT2D eigenvalue weighted by Gasteiger charge is -2.44. The Bertz CT molecular complexity index is 1470. The molecule has 2 amide bonds. The maximum absolute atomic E-state index is 15.2. The lowest BCUT2D eigenvalue weighted by molar-refractivity contribution is -0.125. The van der Waals surface area contributed by atoms with E-state index in [1.807, 2.05) is 97.1 Å². The van der Waals surface area contributed by atoms with Crippen LogP contribution in [0.4, 0.5) is 10.5 Å². The van der Waals surface area contributed by atoms with Crippen LogP contribution in [0.5, 0.6) is 0 Å². The molecule has 4 aromatic carbocycles. The number of hydrogen-bond acceptors (Lipinski definition) is 3. The van der Waals surface area contributed by atoms with Gasteiger partial charge in [0.25, 0.3) is 5.91 Å². The number of nitrogens with one attached hydrogen (secondary N) is 1. The molecule has 0 aromatic heterocycles. The number of amides is 2. The van der Waals surface area contributed by atoms with E-state index in [4.69, 9.17) is 16.3 Å². The van der Waals surface area contributed by atoms with E-state index in [1.165, 1.54) is 0 Å². The fourth-order valence-corrected chi connectivity index (χ4v) is 5.95. The summed E-state index contributed by atoms with van der Waals surface area (Å²) in [5.41, 5.74) is 0.495. The Morgan fingerprint density at radius 1 is 0.878 bits per heavy atom. The molecule has 1 heterocycles. The summed E-state index contributed by atoms with van der Waals surface area (Å²) in [4.78, 5) is 30.3. The standard InChI is InChI=1S/C35H33ClN2O3/c1-5-23-34(37-32(40)41-33(2,3)4)29-22-21-28(36)24-30(29)38(31(34)39)35(25-15-9-6-10-16-25,26-17-11-7-12-18-26)27-19-13-8-14-20-27/h5-22,24H,1,23H2,2-4H3,(H,37,40)/t34-/m0/s1. The molecule has 1 aliphatic heterocycles. The number of rotatable bonds is 7. The zero-order valence-corrected chi connectivity index (χ0v) is 24.2. The smallest absolute Gasteiger partial charge is 0.408 e. The van der Waals surface area contributed by atoms with Crippen LogP contribution in [-0.4, -0.2) is 17.6 Å². The van der Waals surface area contributed by atoms with E-state index in [0.29, 0.717) is 16.3 Å². The third-order valence-corrected chi connectivity index (χ3v) is 7.54. The summed E-state index contributed by atoms with van der Waals surface area (Å²) in [6.07, 6.45) is 1.09. The summed E-state index contributed by atoms with van der Waals surface area (Å²) < 4.78 is 5.65. The Morgan fingerprint density at radius 3 is 1.80 bits per heavy atom. The van der Waals surface area contributed by atoms with Gasteiger partial charge in [-0.1, -0.05) is 115 Å². The number of benzene rings is 4. The molecule has 0 aliphatic carbocycles. The van der Waals surface area contributed by atoms with Gasteiger partial charge in [-0.05, 0) is 49.6 Å². The van der Waals surface area contributed by atoms with Crippen molar-refractivity contribution in [1.82, 2.24) is 5.32 Å². The van der Waals surface area contributed by atoms with Gasteiger partial charge >= 0.3 is 6.09 Å². The van der Waals surface area contributed by atoms with Crippen LogP contribution in [0.1, 0.15) is 49.4 Å². The fraction of sp³-hybridized carbons (Fsp3) is 0.200. The molecule has 208 valence electrons. The van der Waals surface area contributed by atoms with Gasteiger partial charge in [-0.2, -0.15) is 0 Å². The third-order valence-electron chi connectivity index (χ3n) is 7.30. The minimum absolute atomic E-state index is 0.144. The van der Waals surface area contributed by atoms with E-state index in [2.05, 4.69) is 11.9 Å². The predicted octanol–water partition coefficient (Wildman–Crippen LogP) is 7.97. The third kappa shape index (κ3) is 4.91. The first-order valence-corrected chi connectivity index (χ1v) is 13.9. The highest BCUT2D eigenvalue weighted by atomic mass is 35.5. The normalized spacial score (nSPS) is 16.7. The number of nitrogens with zero attached hydrogens (tertiary/aromatic N) is 1. The van der Waals surface area contributed by atoms with Crippen LogP contribution in [0.3, 0.4) is 0 Å². The number of ether oxygens (including phenoxy) is 1. The van der Waals surface area contributed by atoms with E-state index in [1.54, 1.807) is 43.9 Å². The molecule has 0 saturated heterocycles. The molecule has 1 atom stereocenters. The van der Waals surface area contributed by atoms with E-state index < -0.39 is 22.8 Å². The van der Waals surface area contributed by atoms with Crippen LogP contribution in [0.2, 0.25) is 5.02 Å². The SMILES string of the molecule is C=CC[C@@]1(NC(=O)OC(C)(C)C)C(=O)N(C(c2ccccc2)(c2ccccc2)c2ccccc2)c2cc(Cl)ccc21. The molecule has 0 fully saturated rings. The molecule has 5 nitrogen and oxygen atoms in total. The first-order valence-electron chi connectivity index (χ1n) is 13.6. The highest BCUT2D eigenvalue weighted by Gasteiger charge is 2.59. The van der Waals surface area contributed by atoms with Gasteiger partial charge in [0, 0.05) is 17.0 Å². The van der Waals surface area contributed by atoms with Gasteiger partial charge in [-0.3, -0.25) is 9.69 Å². The molecule has 4 aromatic rings. The predicted molar refractivity (Wildman–Crippen MR) is 164 cm³/mol. The van der Waals surface area contributed by atoms with Gasteiger partial charge in [-0.25, -0.2) is 4.79 Å². The summed E-state index contributed by atoms with van der Waals surface area (Å²) in [7, 11) is 0. The van der Waals surface area contributed by atoms with Crippen LogP contribution in [0.25, 0.3) is 0 Å². The van der Waals surface area contributed by atoms with Gasteiger partial charge in [-0.15, -0.1) is 6.58 Å². The van der Waals surface area contributed by atoms with Gasteiger partial charge < -0.3 is 10.1 Å². The Hall–Kier alpha value is -4.35. The molecule has 0 bridgehead atoms. The first-order chi connectivity index (χ1) is 19.6. The van der Waals surface area contributed by atoms with Crippen LogP contribution in [0, 0.1) is 0 Å². The Morgan fingerprint density at radius 2 is 1.37 bits per heavy atom. The van der Waals surface area contributed by atoms with Crippen molar-refractivity contribution in [3.63, 3.8) is 0 Å². The van der Waals surface area contributed by atoms with Gasteiger partial charge in [0.1, 0.15) is 11.1 Å². The zero-order valence-electron chi connectivity index (χ0n) is 23.4. The number of carbonyl (C=O) groups excluding carboxylic acids is 2. The van der Waals surface area contributed by atoms with Crippen molar-refractivity contribution >= 4 is 29.3 Å². The Balaban J connectivity index is 1.87. The van der Waals surface area contributed by atoms with Crippen molar-refractivity contribution in [2.24, 2.45) is 0 Å². The first kappa shape index (κ1) is 28.2. The molecular formula is C35H33ClN2O3. The van der Waals surface area contributed by atoms with Gasteiger partial charge in [0.05, 0.1) is 5.69 Å². The minimum Gasteiger partial charge on any atom is -0.444 e. The largest absolute Gasteiger partial charge is 0.444 e. The molecule has 1 N–H and O–H groups in total. The summed E-state index contributed by atoms with van der Waals surface area (Å²) in [5, 5.41) is 3.43. The zero-order chi connectivity index (χ0) is 29.3. The maximum Gasteiger partial charge on any atom is 0.408 e.